The third-order valence-corrected chi connectivity index (χ3v) is 2.91. The molecule has 2 aromatic carbocycles. The molecular formula is C20H26O5. The van der Waals surface area contributed by atoms with Crippen molar-refractivity contribution < 1.29 is 24.4 Å². The summed E-state index contributed by atoms with van der Waals surface area (Å²) in [6.07, 6.45) is 0. The molecule has 5 heteroatoms. The largest absolute Gasteiger partial charge is 0.508 e. The van der Waals surface area contributed by atoms with Crippen molar-refractivity contribution in [2.45, 2.75) is 52.7 Å². The van der Waals surface area contributed by atoms with Crippen molar-refractivity contribution in [3.63, 3.8) is 0 Å². The molecule has 0 saturated heterocycles. The van der Waals surface area contributed by atoms with E-state index >= 15 is 0 Å². The smallest absolute Gasteiger partial charge is 0.169 e. The fourth-order valence-electron chi connectivity index (χ4n) is 2.10. The van der Waals surface area contributed by atoms with Crippen LogP contribution in [-0.4, -0.2) is 21.4 Å². The zero-order valence-electron chi connectivity index (χ0n) is 15.6. The zero-order chi connectivity index (χ0) is 18.8. The molecule has 0 heterocycles. The van der Waals surface area contributed by atoms with Crippen LogP contribution in [0.1, 0.15) is 41.5 Å². The summed E-state index contributed by atoms with van der Waals surface area (Å²) in [4.78, 5) is 0. The first-order chi connectivity index (χ1) is 11.4. The molecule has 0 saturated carbocycles. The van der Waals surface area contributed by atoms with Crippen LogP contribution in [0.3, 0.4) is 0 Å². The van der Waals surface area contributed by atoms with Gasteiger partial charge in [0.05, 0.1) is 0 Å². The fourth-order valence-corrected chi connectivity index (χ4v) is 2.10. The Morgan fingerprint density at radius 3 is 1.28 bits per heavy atom. The molecule has 0 unspecified atom stereocenters. The van der Waals surface area contributed by atoms with E-state index in [0.717, 1.165) is 0 Å². The van der Waals surface area contributed by atoms with Crippen molar-refractivity contribution in [1.29, 1.82) is 0 Å². The first-order valence-corrected chi connectivity index (χ1v) is 8.15. The Morgan fingerprint density at radius 1 is 0.600 bits per heavy atom. The van der Waals surface area contributed by atoms with Gasteiger partial charge in [0.15, 0.2) is 23.0 Å². The van der Waals surface area contributed by atoms with Gasteiger partial charge in [-0.15, -0.1) is 0 Å². The molecular weight excluding hydrogens is 320 g/mol. The number of rotatable bonds is 4. The highest BCUT2D eigenvalue weighted by Gasteiger charge is 2.20. The highest BCUT2D eigenvalue weighted by molar-refractivity contribution is 5.52. The van der Waals surface area contributed by atoms with Crippen LogP contribution in [0, 0.1) is 0 Å². The Kier molecular flexibility index (Phi) is 5.07. The van der Waals surface area contributed by atoms with E-state index in [1.54, 1.807) is 12.1 Å². The second-order valence-corrected chi connectivity index (χ2v) is 7.79. The highest BCUT2D eigenvalue weighted by atomic mass is 16.6. The van der Waals surface area contributed by atoms with Crippen LogP contribution in [0.25, 0.3) is 0 Å². The summed E-state index contributed by atoms with van der Waals surface area (Å²) < 4.78 is 17.7. The number of ether oxygens (including phenoxy) is 3. The maximum Gasteiger partial charge on any atom is 0.169 e. The Labute approximate surface area is 148 Å². The number of aromatic hydroxyl groups is 2. The summed E-state index contributed by atoms with van der Waals surface area (Å²) in [6, 6.07) is 9.32. The minimum Gasteiger partial charge on any atom is -0.508 e. The quantitative estimate of drug-likeness (QED) is 0.792. The van der Waals surface area contributed by atoms with Crippen molar-refractivity contribution in [3.8, 4) is 34.5 Å². The minimum atomic E-state index is -0.453. The van der Waals surface area contributed by atoms with Crippen molar-refractivity contribution >= 4 is 0 Å². The molecule has 0 aliphatic rings. The first kappa shape index (κ1) is 18.8. The topological polar surface area (TPSA) is 68.2 Å². The standard InChI is InChI=1S/C20H26O5/c1-19(2,3)24-17-11-13(21)7-9-15(17)23-16-10-8-14(22)12-18(16)25-20(4,5)6/h7-12,21-22H,1-6H3. The van der Waals surface area contributed by atoms with Crippen molar-refractivity contribution in [1.82, 2.24) is 0 Å². The van der Waals surface area contributed by atoms with Gasteiger partial charge in [-0.2, -0.15) is 0 Å². The Balaban J connectivity index is 2.40. The number of hydrogen-bond acceptors (Lipinski definition) is 5. The van der Waals surface area contributed by atoms with Crippen LogP contribution >= 0.6 is 0 Å². The number of hydrogen-bond donors (Lipinski definition) is 2. The molecule has 136 valence electrons. The van der Waals surface area contributed by atoms with Gasteiger partial charge >= 0.3 is 0 Å². The Bertz CT molecular complexity index is 675. The van der Waals surface area contributed by atoms with E-state index in [4.69, 9.17) is 14.2 Å². The maximum atomic E-state index is 9.75. The molecule has 0 radical (unpaired) electrons. The molecule has 0 aliphatic carbocycles. The molecule has 2 aromatic rings. The van der Waals surface area contributed by atoms with Gasteiger partial charge in [0.25, 0.3) is 0 Å². The summed E-state index contributed by atoms with van der Waals surface area (Å²) in [6.45, 7) is 11.5. The lowest BCUT2D eigenvalue weighted by Gasteiger charge is -2.25. The van der Waals surface area contributed by atoms with E-state index in [9.17, 15) is 10.2 Å². The summed E-state index contributed by atoms with van der Waals surface area (Å²) in [5, 5.41) is 19.5. The normalized spacial score (nSPS) is 11.9. The fraction of sp³-hybridized carbons (Fsp3) is 0.400. The van der Waals surface area contributed by atoms with Crippen molar-refractivity contribution in [2.75, 3.05) is 0 Å². The number of phenolic OH excluding ortho intramolecular Hbond substituents is 2. The summed E-state index contributed by atoms with van der Waals surface area (Å²) in [5.41, 5.74) is -0.906. The SMILES string of the molecule is CC(C)(C)Oc1cc(O)ccc1Oc1ccc(O)cc1OC(C)(C)C. The molecule has 25 heavy (non-hydrogen) atoms. The third-order valence-electron chi connectivity index (χ3n) is 2.91. The summed E-state index contributed by atoms with van der Waals surface area (Å²) in [7, 11) is 0. The first-order valence-electron chi connectivity index (χ1n) is 8.15. The maximum absolute atomic E-state index is 9.75. The van der Waals surface area contributed by atoms with Crippen molar-refractivity contribution in [2.24, 2.45) is 0 Å². The second-order valence-electron chi connectivity index (χ2n) is 7.79. The van der Waals surface area contributed by atoms with Gasteiger partial charge in [-0.1, -0.05) is 0 Å². The van der Waals surface area contributed by atoms with Gasteiger partial charge in [0.1, 0.15) is 22.7 Å². The molecule has 0 aliphatic heterocycles. The Hall–Kier alpha value is -2.56. The van der Waals surface area contributed by atoms with E-state index in [-0.39, 0.29) is 11.5 Å². The zero-order valence-corrected chi connectivity index (χ0v) is 15.6. The highest BCUT2D eigenvalue weighted by Crippen LogP contribution is 2.41. The second kappa shape index (κ2) is 6.75. The Morgan fingerprint density at radius 2 is 0.960 bits per heavy atom. The van der Waals surface area contributed by atoms with Gasteiger partial charge in [-0.05, 0) is 65.8 Å². The number of benzene rings is 2. The van der Waals surface area contributed by atoms with Gasteiger partial charge < -0.3 is 24.4 Å². The van der Waals surface area contributed by atoms with E-state index < -0.39 is 11.2 Å². The van der Waals surface area contributed by atoms with Crippen LogP contribution in [0.4, 0.5) is 0 Å². The molecule has 0 fully saturated rings. The lowest BCUT2D eigenvalue weighted by atomic mass is 10.2. The predicted molar refractivity (Wildman–Crippen MR) is 97.0 cm³/mol. The molecule has 2 N–H and O–H groups in total. The summed E-state index contributed by atoms with van der Waals surface area (Å²) in [5.74, 6) is 1.89. The molecule has 0 atom stereocenters. The van der Waals surface area contributed by atoms with Gasteiger partial charge in [-0.25, -0.2) is 0 Å². The van der Waals surface area contributed by atoms with Crippen LogP contribution in [0.15, 0.2) is 36.4 Å². The van der Waals surface area contributed by atoms with E-state index in [2.05, 4.69) is 0 Å². The molecule has 5 nitrogen and oxygen atoms in total. The summed E-state index contributed by atoms with van der Waals surface area (Å²) >= 11 is 0. The van der Waals surface area contributed by atoms with Crippen LogP contribution in [0.5, 0.6) is 34.5 Å². The van der Waals surface area contributed by atoms with E-state index in [1.165, 1.54) is 24.3 Å². The van der Waals surface area contributed by atoms with Gasteiger partial charge in [0.2, 0.25) is 0 Å². The number of phenols is 2. The van der Waals surface area contributed by atoms with E-state index in [0.29, 0.717) is 23.0 Å². The average molecular weight is 346 g/mol. The van der Waals surface area contributed by atoms with Crippen molar-refractivity contribution in [3.05, 3.63) is 36.4 Å². The third kappa shape index (κ3) is 5.78. The lowest BCUT2D eigenvalue weighted by molar-refractivity contribution is 0.121. The monoisotopic (exact) mass is 346 g/mol. The molecule has 0 amide bonds. The molecule has 0 aromatic heterocycles. The lowest BCUT2D eigenvalue weighted by Crippen LogP contribution is -2.23. The molecule has 2 rings (SSSR count). The molecule has 0 bridgehead atoms. The van der Waals surface area contributed by atoms with Crippen LogP contribution in [-0.2, 0) is 0 Å². The predicted octanol–water partition coefficient (Wildman–Crippen LogP) is 5.24. The van der Waals surface area contributed by atoms with E-state index in [1.807, 2.05) is 41.5 Å². The van der Waals surface area contributed by atoms with Gasteiger partial charge in [0, 0.05) is 12.1 Å². The van der Waals surface area contributed by atoms with Crippen LogP contribution in [0.2, 0.25) is 0 Å². The van der Waals surface area contributed by atoms with Crippen LogP contribution < -0.4 is 14.2 Å². The molecule has 0 spiro atoms. The minimum absolute atomic E-state index is 0.0865. The average Bonchev–Trinajstić information content (AvgIpc) is 2.41. The van der Waals surface area contributed by atoms with Gasteiger partial charge in [-0.3, -0.25) is 0 Å².